The fourth-order valence-corrected chi connectivity index (χ4v) is 11.6. The number of aryl methyl sites for hydroxylation is 6. The molecule has 58 heavy (non-hydrogen) atoms. The number of hydrogen-bond acceptors (Lipinski definition) is 0. The Morgan fingerprint density at radius 2 is 0.638 bits per heavy atom. The van der Waals surface area contributed by atoms with E-state index in [1.54, 1.807) is 0 Å². The Hall–Kier alpha value is -6.90. The second-order valence-corrected chi connectivity index (χ2v) is 17.3. The van der Waals surface area contributed by atoms with E-state index in [1.807, 2.05) is 0 Å². The second kappa shape index (κ2) is 10.9. The zero-order chi connectivity index (χ0) is 38.9. The fourth-order valence-electron chi connectivity index (χ4n) is 11.6. The minimum atomic E-state index is 1.26. The van der Waals surface area contributed by atoms with Gasteiger partial charge in [-0.15, -0.1) is 0 Å². The van der Waals surface area contributed by atoms with Gasteiger partial charge in [0.05, 0.1) is 33.1 Å². The van der Waals surface area contributed by atoms with Crippen LogP contribution in [0.25, 0.3) is 120 Å². The van der Waals surface area contributed by atoms with Gasteiger partial charge in [-0.1, -0.05) is 96.1 Å². The van der Waals surface area contributed by atoms with E-state index in [4.69, 9.17) is 0 Å². The summed E-state index contributed by atoms with van der Waals surface area (Å²) in [4.78, 5) is 0. The second-order valence-electron chi connectivity index (χ2n) is 17.3. The molecule has 0 fully saturated rings. The van der Waals surface area contributed by atoms with Gasteiger partial charge in [-0.25, -0.2) is 0 Å². The Balaban J connectivity index is 1.32. The third kappa shape index (κ3) is 3.97. The lowest BCUT2D eigenvalue weighted by molar-refractivity contribution is 1.32. The number of nitrogens with zero attached hydrogens (tertiary/aromatic N) is 2. The molecule has 4 aromatic heterocycles. The SMILES string of the molecule is Cc1cc(C)c(-c2ccc3c(c2)c2c4c5cc6ccccc6cc5n5c6ccc(-c7c(C)cc(C)cc7C)cc6c(c6c7cc8ccccc8cc7n3c26)c45)c(C)c1. The van der Waals surface area contributed by atoms with Gasteiger partial charge >= 0.3 is 0 Å². The summed E-state index contributed by atoms with van der Waals surface area (Å²) in [5.74, 6) is 0. The first kappa shape index (κ1) is 32.2. The van der Waals surface area contributed by atoms with Crippen molar-refractivity contribution in [3.8, 4) is 22.3 Å². The molecule has 0 radical (unpaired) electrons. The summed E-state index contributed by atoms with van der Waals surface area (Å²) in [6, 6.07) is 51.4. The molecule has 0 aliphatic rings. The highest BCUT2D eigenvalue weighted by atomic mass is 14.9. The minimum Gasteiger partial charge on any atom is -0.308 e. The highest BCUT2D eigenvalue weighted by Gasteiger charge is 2.29. The number of fused-ring (bicyclic) bond motifs is 16. The van der Waals surface area contributed by atoms with Crippen molar-refractivity contribution in [1.82, 2.24) is 8.80 Å². The van der Waals surface area contributed by atoms with Crippen molar-refractivity contribution in [2.75, 3.05) is 0 Å². The maximum atomic E-state index is 2.61. The molecule has 0 bridgehead atoms. The Labute approximate surface area is 335 Å². The molecule has 0 atom stereocenters. The lowest BCUT2D eigenvalue weighted by Gasteiger charge is -2.13. The molecule has 2 nitrogen and oxygen atoms in total. The first-order valence-corrected chi connectivity index (χ1v) is 20.6. The molecule has 9 aromatic carbocycles. The number of rotatable bonds is 2. The van der Waals surface area contributed by atoms with Gasteiger partial charge in [0.15, 0.2) is 0 Å². The molecule has 4 heterocycles. The summed E-state index contributed by atoms with van der Waals surface area (Å²) in [5.41, 5.74) is 20.8. The monoisotopic (exact) mass is 740 g/mol. The third-order valence-corrected chi connectivity index (χ3v) is 13.6. The van der Waals surface area contributed by atoms with Crippen molar-refractivity contribution < 1.29 is 0 Å². The summed E-state index contributed by atoms with van der Waals surface area (Å²) in [6.07, 6.45) is 0. The van der Waals surface area contributed by atoms with Crippen LogP contribution in [0.2, 0.25) is 0 Å². The summed E-state index contributed by atoms with van der Waals surface area (Å²) in [5, 5.41) is 15.7. The van der Waals surface area contributed by atoms with E-state index in [0.717, 1.165) is 0 Å². The molecule has 274 valence electrons. The molecule has 0 amide bonds. The van der Waals surface area contributed by atoms with Crippen molar-refractivity contribution in [3.05, 3.63) is 167 Å². The Morgan fingerprint density at radius 1 is 0.310 bits per heavy atom. The maximum absolute atomic E-state index is 2.61. The van der Waals surface area contributed by atoms with Gasteiger partial charge in [-0.2, -0.15) is 0 Å². The van der Waals surface area contributed by atoms with Crippen molar-refractivity contribution in [2.45, 2.75) is 41.5 Å². The van der Waals surface area contributed by atoms with Crippen LogP contribution in [-0.2, 0) is 0 Å². The first-order valence-electron chi connectivity index (χ1n) is 20.6. The van der Waals surface area contributed by atoms with Gasteiger partial charge in [0, 0.05) is 43.1 Å². The molecule has 0 unspecified atom stereocenters. The smallest absolute Gasteiger partial charge is 0.0634 e. The van der Waals surface area contributed by atoms with Crippen LogP contribution < -0.4 is 0 Å². The molecular weight excluding hydrogens is 701 g/mol. The quantitative estimate of drug-likeness (QED) is 0.167. The molecule has 0 aliphatic carbocycles. The van der Waals surface area contributed by atoms with Crippen molar-refractivity contribution in [1.29, 1.82) is 0 Å². The lowest BCUT2D eigenvalue weighted by Crippen LogP contribution is -1.90. The van der Waals surface area contributed by atoms with E-state index in [2.05, 4.69) is 184 Å². The first-order chi connectivity index (χ1) is 28.2. The van der Waals surface area contributed by atoms with E-state index < -0.39 is 0 Å². The molecular formula is C56H40N2. The molecule has 13 aromatic rings. The highest BCUT2D eigenvalue weighted by molar-refractivity contribution is 6.46. The highest BCUT2D eigenvalue weighted by Crippen LogP contribution is 2.53. The van der Waals surface area contributed by atoms with Crippen LogP contribution in [-0.4, -0.2) is 8.80 Å². The van der Waals surface area contributed by atoms with Crippen LogP contribution in [0.1, 0.15) is 33.4 Å². The molecule has 2 heteroatoms. The van der Waals surface area contributed by atoms with Gasteiger partial charge in [-0.3, -0.25) is 0 Å². The zero-order valence-electron chi connectivity index (χ0n) is 33.6. The van der Waals surface area contributed by atoms with Gasteiger partial charge in [-0.05, 0) is 156 Å². The van der Waals surface area contributed by atoms with Crippen molar-refractivity contribution in [3.63, 3.8) is 0 Å². The third-order valence-electron chi connectivity index (χ3n) is 13.6. The van der Waals surface area contributed by atoms with Crippen LogP contribution >= 0.6 is 0 Å². The van der Waals surface area contributed by atoms with E-state index in [1.165, 1.54) is 153 Å². The van der Waals surface area contributed by atoms with Crippen molar-refractivity contribution >= 4 is 97.7 Å². The largest absolute Gasteiger partial charge is 0.308 e. The normalized spacial score (nSPS) is 12.7. The predicted octanol–water partition coefficient (Wildman–Crippen LogP) is 15.5. The van der Waals surface area contributed by atoms with Crippen molar-refractivity contribution in [2.24, 2.45) is 0 Å². The van der Waals surface area contributed by atoms with Gasteiger partial charge in [0.25, 0.3) is 0 Å². The van der Waals surface area contributed by atoms with E-state index in [9.17, 15) is 0 Å². The van der Waals surface area contributed by atoms with Crippen LogP contribution in [0.5, 0.6) is 0 Å². The Kier molecular flexibility index (Phi) is 6.07. The molecule has 0 spiro atoms. The zero-order valence-corrected chi connectivity index (χ0v) is 33.6. The molecule has 0 saturated heterocycles. The standard InChI is InChI=1S/C56H40N2/c1-29-19-31(3)49(32(4)20-29)39-15-17-45-41(25-39)51-53-43-23-35-11-7-10-14-38(35)28-48(43)58-46-18-16-40(50-33(5)21-30(2)22-34(50)6)26-42(46)52(56(53)58)54-44-24-36-12-8-9-13-37(36)27-47(44)57(45)55(51)54/h7-28H,1-6H3. The molecule has 0 aliphatic heterocycles. The molecule has 13 rings (SSSR count). The number of hydrogen-bond donors (Lipinski definition) is 0. The van der Waals surface area contributed by atoms with E-state index >= 15 is 0 Å². The summed E-state index contributed by atoms with van der Waals surface area (Å²) < 4.78 is 5.22. The topological polar surface area (TPSA) is 8.82 Å². The molecule has 0 saturated carbocycles. The predicted molar refractivity (Wildman–Crippen MR) is 250 cm³/mol. The van der Waals surface area contributed by atoms with Gasteiger partial charge in [0.1, 0.15) is 0 Å². The van der Waals surface area contributed by atoms with Crippen LogP contribution in [0.15, 0.2) is 133 Å². The fraction of sp³-hybridized carbons (Fsp3) is 0.107. The van der Waals surface area contributed by atoms with Crippen LogP contribution in [0, 0.1) is 41.5 Å². The number of benzene rings is 9. The minimum absolute atomic E-state index is 1.26. The van der Waals surface area contributed by atoms with E-state index in [0.29, 0.717) is 0 Å². The average Bonchev–Trinajstić information content (AvgIpc) is 3.91. The number of aromatic nitrogens is 2. The summed E-state index contributed by atoms with van der Waals surface area (Å²) in [7, 11) is 0. The van der Waals surface area contributed by atoms with Crippen LogP contribution in [0.3, 0.4) is 0 Å². The van der Waals surface area contributed by atoms with Gasteiger partial charge < -0.3 is 8.80 Å². The summed E-state index contributed by atoms with van der Waals surface area (Å²) >= 11 is 0. The Bertz CT molecular complexity index is 3660. The Morgan fingerprint density at radius 3 is 1.00 bits per heavy atom. The van der Waals surface area contributed by atoms with Gasteiger partial charge in [0.2, 0.25) is 0 Å². The average molecular weight is 741 g/mol. The lowest BCUT2D eigenvalue weighted by atomic mass is 9.91. The summed E-state index contributed by atoms with van der Waals surface area (Å²) in [6.45, 7) is 13.5. The van der Waals surface area contributed by atoms with E-state index in [-0.39, 0.29) is 0 Å². The molecule has 0 N–H and O–H groups in total. The maximum Gasteiger partial charge on any atom is 0.0634 e. The van der Waals surface area contributed by atoms with Crippen LogP contribution in [0.4, 0.5) is 0 Å².